The summed E-state index contributed by atoms with van der Waals surface area (Å²) in [6, 6.07) is 0.373. The molecule has 0 spiro atoms. The second kappa shape index (κ2) is 5.12. The van der Waals surface area contributed by atoms with Crippen LogP contribution in [0.1, 0.15) is 19.3 Å². The van der Waals surface area contributed by atoms with E-state index in [1.54, 1.807) is 12.4 Å². The highest BCUT2D eigenvalue weighted by Gasteiger charge is 2.19. The van der Waals surface area contributed by atoms with Gasteiger partial charge in [-0.15, -0.1) is 0 Å². The van der Waals surface area contributed by atoms with E-state index < -0.39 is 0 Å². The van der Waals surface area contributed by atoms with Gasteiger partial charge in [0.2, 0.25) is 0 Å². The summed E-state index contributed by atoms with van der Waals surface area (Å²) in [5.74, 6) is 0. The van der Waals surface area contributed by atoms with E-state index in [0.29, 0.717) is 12.6 Å². The molecule has 2 heterocycles. The Morgan fingerprint density at radius 3 is 3.12 bits per heavy atom. The molecular weight excluding hydrogens is 204 g/mol. The largest absolute Gasteiger partial charge is 0.336 e. The van der Waals surface area contributed by atoms with E-state index in [1.165, 1.54) is 30.2 Å². The van der Waals surface area contributed by atoms with Crippen molar-refractivity contribution in [3.8, 4) is 0 Å². The molecule has 1 aromatic heterocycles. The Morgan fingerprint density at radius 1 is 1.56 bits per heavy atom. The number of piperidine rings is 1. The normalized spacial score (nSPS) is 21.9. The Hall–Kier alpha value is -1.36. The van der Waals surface area contributed by atoms with Crippen LogP contribution in [-0.4, -0.2) is 46.7 Å². The van der Waals surface area contributed by atoms with Gasteiger partial charge >= 0.3 is 6.03 Å². The van der Waals surface area contributed by atoms with Crippen molar-refractivity contribution in [2.75, 3.05) is 20.1 Å². The Labute approximate surface area is 95.5 Å². The van der Waals surface area contributed by atoms with E-state index in [2.05, 4.69) is 22.2 Å². The fourth-order valence-corrected chi connectivity index (χ4v) is 2.08. The number of likely N-dealkylation sites (N-methyl/N-ethyl adjacent to an activating group) is 1. The lowest BCUT2D eigenvalue weighted by Crippen LogP contribution is -2.45. The van der Waals surface area contributed by atoms with E-state index in [9.17, 15) is 4.79 Å². The van der Waals surface area contributed by atoms with E-state index in [4.69, 9.17) is 0 Å². The predicted molar refractivity (Wildman–Crippen MR) is 61.3 cm³/mol. The second-order valence-electron chi connectivity index (χ2n) is 4.29. The summed E-state index contributed by atoms with van der Waals surface area (Å²) in [5.41, 5.74) is 0. The molecule has 1 N–H and O–H groups in total. The number of carbonyl (C=O) groups is 1. The van der Waals surface area contributed by atoms with Gasteiger partial charge in [-0.3, -0.25) is 4.57 Å². The molecule has 0 saturated carbocycles. The quantitative estimate of drug-likeness (QED) is 0.809. The third kappa shape index (κ3) is 2.61. The molecule has 16 heavy (non-hydrogen) atoms. The molecule has 1 aliphatic rings. The van der Waals surface area contributed by atoms with Gasteiger partial charge in [0.05, 0.1) is 0 Å². The molecule has 0 bridgehead atoms. The topological polar surface area (TPSA) is 50.2 Å². The minimum Gasteiger partial charge on any atom is -0.336 e. The van der Waals surface area contributed by atoms with Crippen molar-refractivity contribution in [1.82, 2.24) is 19.8 Å². The number of aromatic nitrogens is 2. The van der Waals surface area contributed by atoms with E-state index >= 15 is 0 Å². The van der Waals surface area contributed by atoms with Gasteiger partial charge in [-0.25, -0.2) is 9.78 Å². The molecule has 1 amide bonds. The number of imidazole rings is 1. The Bertz CT molecular complexity index is 336. The number of hydrogen-bond donors (Lipinski definition) is 1. The summed E-state index contributed by atoms with van der Waals surface area (Å²) in [5, 5.41) is 2.93. The minimum absolute atomic E-state index is 0.100. The first-order valence-corrected chi connectivity index (χ1v) is 5.74. The van der Waals surface area contributed by atoms with Crippen LogP contribution in [-0.2, 0) is 0 Å². The summed E-state index contributed by atoms with van der Waals surface area (Å²) >= 11 is 0. The van der Waals surface area contributed by atoms with Gasteiger partial charge in [-0.05, 0) is 26.4 Å². The van der Waals surface area contributed by atoms with Crippen LogP contribution < -0.4 is 5.32 Å². The molecule has 88 valence electrons. The molecule has 0 aliphatic carbocycles. The highest BCUT2D eigenvalue weighted by atomic mass is 16.2. The second-order valence-corrected chi connectivity index (χ2v) is 4.29. The molecule has 0 aromatic carbocycles. The van der Waals surface area contributed by atoms with Crippen molar-refractivity contribution in [2.24, 2.45) is 0 Å². The molecule has 1 atom stereocenters. The lowest BCUT2D eigenvalue weighted by molar-refractivity contribution is 0.180. The van der Waals surface area contributed by atoms with Crippen LogP contribution >= 0.6 is 0 Å². The van der Waals surface area contributed by atoms with Crippen LogP contribution in [0.3, 0.4) is 0 Å². The monoisotopic (exact) mass is 222 g/mol. The predicted octanol–water partition coefficient (Wildman–Crippen LogP) is 0.925. The van der Waals surface area contributed by atoms with Gasteiger partial charge in [0.1, 0.15) is 6.33 Å². The summed E-state index contributed by atoms with van der Waals surface area (Å²) in [6.07, 6.45) is 8.46. The number of amides is 1. The average molecular weight is 222 g/mol. The number of rotatable bonds is 2. The molecule has 1 unspecified atom stereocenters. The molecule has 1 aromatic rings. The van der Waals surface area contributed by atoms with Crippen molar-refractivity contribution >= 4 is 6.03 Å². The molecular formula is C11H18N4O. The summed E-state index contributed by atoms with van der Waals surface area (Å²) in [6.45, 7) is 1.85. The summed E-state index contributed by atoms with van der Waals surface area (Å²) in [4.78, 5) is 17.8. The first-order valence-electron chi connectivity index (χ1n) is 5.74. The summed E-state index contributed by atoms with van der Waals surface area (Å²) in [7, 11) is 2.12. The number of nitrogens with one attached hydrogen (secondary N) is 1. The van der Waals surface area contributed by atoms with Gasteiger partial charge in [-0.1, -0.05) is 6.42 Å². The zero-order valence-corrected chi connectivity index (χ0v) is 9.59. The van der Waals surface area contributed by atoms with Crippen molar-refractivity contribution in [3.05, 3.63) is 18.7 Å². The van der Waals surface area contributed by atoms with Crippen LogP contribution in [0.2, 0.25) is 0 Å². The zero-order valence-electron chi connectivity index (χ0n) is 9.59. The number of hydrogen-bond acceptors (Lipinski definition) is 3. The standard InChI is InChI=1S/C11H18N4O/c1-14-6-3-2-4-10(14)8-13-11(16)15-7-5-12-9-15/h5,7,9-10H,2-4,6,8H2,1H3,(H,13,16). The molecule has 1 saturated heterocycles. The van der Waals surface area contributed by atoms with E-state index in [-0.39, 0.29) is 6.03 Å². The Morgan fingerprint density at radius 2 is 2.44 bits per heavy atom. The van der Waals surface area contributed by atoms with Crippen molar-refractivity contribution in [1.29, 1.82) is 0 Å². The first-order chi connectivity index (χ1) is 7.77. The van der Waals surface area contributed by atoms with Crippen LogP contribution in [0.5, 0.6) is 0 Å². The molecule has 1 aliphatic heterocycles. The van der Waals surface area contributed by atoms with Gasteiger partial charge < -0.3 is 10.2 Å². The maximum atomic E-state index is 11.6. The fourth-order valence-electron chi connectivity index (χ4n) is 2.08. The van der Waals surface area contributed by atoms with Gasteiger partial charge in [0.15, 0.2) is 0 Å². The number of likely N-dealkylation sites (tertiary alicyclic amines) is 1. The third-order valence-corrected chi connectivity index (χ3v) is 3.15. The summed E-state index contributed by atoms with van der Waals surface area (Å²) < 4.78 is 1.46. The Kier molecular flexibility index (Phi) is 3.56. The average Bonchev–Trinajstić information content (AvgIpc) is 2.81. The highest BCUT2D eigenvalue weighted by molar-refractivity contribution is 5.76. The molecule has 0 radical (unpaired) electrons. The zero-order chi connectivity index (χ0) is 11.4. The molecule has 5 nitrogen and oxygen atoms in total. The lowest BCUT2D eigenvalue weighted by atomic mass is 10.0. The maximum Gasteiger partial charge on any atom is 0.326 e. The van der Waals surface area contributed by atoms with Crippen LogP contribution in [0.15, 0.2) is 18.7 Å². The minimum atomic E-state index is -0.100. The van der Waals surface area contributed by atoms with Crippen molar-refractivity contribution < 1.29 is 4.79 Å². The van der Waals surface area contributed by atoms with Crippen molar-refractivity contribution in [2.45, 2.75) is 25.3 Å². The van der Waals surface area contributed by atoms with Crippen LogP contribution in [0.4, 0.5) is 4.79 Å². The first kappa shape index (κ1) is 11.1. The smallest absolute Gasteiger partial charge is 0.326 e. The Balaban J connectivity index is 1.80. The van der Waals surface area contributed by atoms with Crippen molar-refractivity contribution in [3.63, 3.8) is 0 Å². The lowest BCUT2D eigenvalue weighted by Gasteiger charge is -2.32. The van der Waals surface area contributed by atoms with Gasteiger partial charge in [0, 0.05) is 25.0 Å². The van der Waals surface area contributed by atoms with E-state index in [0.717, 1.165) is 6.54 Å². The number of nitrogens with zero attached hydrogens (tertiary/aromatic N) is 3. The fraction of sp³-hybridized carbons (Fsp3) is 0.636. The van der Waals surface area contributed by atoms with Gasteiger partial charge in [0.25, 0.3) is 0 Å². The van der Waals surface area contributed by atoms with E-state index in [1.807, 2.05) is 0 Å². The maximum absolute atomic E-state index is 11.6. The molecule has 1 fully saturated rings. The highest BCUT2D eigenvalue weighted by Crippen LogP contribution is 2.13. The van der Waals surface area contributed by atoms with Crippen LogP contribution in [0, 0.1) is 0 Å². The molecule has 5 heteroatoms. The number of carbonyl (C=O) groups excluding carboxylic acids is 1. The third-order valence-electron chi connectivity index (χ3n) is 3.15. The SMILES string of the molecule is CN1CCCCC1CNC(=O)n1ccnc1. The van der Waals surface area contributed by atoms with Crippen LogP contribution in [0.25, 0.3) is 0 Å². The van der Waals surface area contributed by atoms with Gasteiger partial charge in [-0.2, -0.15) is 0 Å². The molecule has 2 rings (SSSR count).